The van der Waals surface area contributed by atoms with E-state index in [9.17, 15) is 4.39 Å². The van der Waals surface area contributed by atoms with Crippen molar-refractivity contribution < 1.29 is 9.13 Å². The average Bonchev–Trinajstić information content (AvgIpc) is 3.22. The lowest BCUT2D eigenvalue weighted by atomic mass is 10.2. The van der Waals surface area contributed by atoms with E-state index >= 15 is 0 Å². The highest BCUT2D eigenvalue weighted by molar-refractivity contribution is 5.47. The summed E-state index contributed by atoms with van der Waals surface area (Å²) in [7, 11) is 0. The first-order chi connectivity index (χ1) is 9.54. The molecule has 0 saturated heterocycles. The molecule has 5 heteroatoms. The maximum atomic E-state index is 13.1. The molecule has 0 radical (unpaired) electrons. The van der Waals surface area contributed by atoms with Gasteiger partial charge in [-0.3, -0.25) is 0 Å². The molecule has 4 nitrogen and oxygen atoms in total. The van der Waals surface area contributed by atoms with Crippen LogP contribution in [0.4, 0.5) is 10.2 Å². The van der Waals surface area contributed by atoms with Gasteiger partial charge in [-0.05, 0) is 50.5 Å². The van der Waals surface area contributed by atoms with Gasteiger partial charge in [-0.1, -0.05) is 0 Å². The first kappa shape index (κ1) is 12.8. The Labute approximate surface area is 116 Å². The van der Waals surface area contributed by atoms with Gasteiger partial charge in [0.1, 0.15) is 23.2 Å². The van der Waals surface area contributed by atoms with Crippen LogP contribution in [0.5, 0.6) is 11.6 Å². The largest absolute Gasteiger partial charge is 0.438 e. The minimum atomic E-state index is -0.285. The molecule has 1 aromatic heterocycles. The van der Waals surface area contributed by atoms with Crippen LogP contribution >= 0.6 is 0 Å². The Morgan fingerprint density at radius 3 is 2.65 bits per heavy atom. The first-order valence-corrected chi connectivity index (χ1v) is 6.62. The highest BCUT2D eigenvalue weighted by Gasteiger charge is 2.28. The third-order valence-electron chi connectivity index (χ3n) is 3.44. The molecule has 0 bridgehead atoms. The number of anilines is 1. The van der Waals surface area contributed by atoms with Crippen LogP contribution in [0.2, 0.25) is 0 Å². The Morgan fingerprint density at radius 2 is 2.00 bits per heavy atom. The number of nitrogens with two attached hydrogens (primary N) is 1. The number of nitrogens with zero attached hydrogens (tertiary/aromatic N) is 2. The van der Waals surface area contributed by atoms with Crippen LogP contribution in [-0.4, -0.2) is 9.97 Å². The predicted molar refractivity (Wildman–Crippen MR) is 74.4 cm³/mol. The van der Waals surface area contributed by atoms with Gasteiger partial charge in [0, 0.05) is 5.92 Å². The van der Waals surface area contributed by atoms with Crippen molar-refractivity contribution in [3.8, 4) is 11.6 Å². The summed E-state index contributed by atoms with van der Waals surface area (Å²) in [5.74, 6) is 2.32. The third kappa shape index (κ3) is 2.43. The maximum absolute atomic E-state index is 13.1. The van der Waals surface area contributed by atoms with Crippen molar-refractivity contribution >= 4 is 5.82 Å². The Balaban J connectivity index is 1.97. The fourth-order valence-corrected chi connectivity index (χ4v) is 1.98. The van der Waals surface area contributed by atoms with Crippen LogP contribution in [0.3, 0.4) is 0 Å². The second-order valence-electron chi connectivity index (χ2n) is 5.18. The second kappa shape index (κ2) is 4.74. The number of ether oxygens (including phenoxy) is 1. The minimum Gasteiger partial charge on any atom is -0.438 e. The fraction of sp³-hybridized carbons (Fsp3) is 0.333. The average molecular weight is 273 g/mol. The number of halogens is 1. The molecular weight excluding hydrogens is 257 g/mol. The summed E-state index contributed by atoms with van der Waals surface area (Å²) in [4.78, 5) is 8.75. The van der Waals surface area contributed by atoms with Crippen LogP contribution in [0, 0.1) is 19.7 Å². The summed E-state index contributed by atoms with van der Waals surface area (Å²) in [6.45, 7) is 3.61. The van der Waals surface area contributed by atoms with E-state index in [0.29, 0.717) is 28.9 Å². The molecular formula is C15H16FN3O. The molecule has 104 valence electrons. The molecule has 3 rings (SSSR count). The SMILES string of the molecule is Cc1cc(F)ccc1Oc1nc(C2CC2)nc(N)c1C. The molecule has 0 amide bonds. The van der Waals surface area contributed by atoms with E-state index in [1.165, 1.54) is 12.1 Å². The molecule has 1 fully saturated rings. The predicted octanol–water partition coefficient (Wildman–Crippen LogP) is 3.48. The second-order valence-corrected chi connectivity index (χ2v) is 5.18. The Morgan fingerprint density at radius 1 is 1.25 bits per heavy atom. The number of aryl methyl sites for hydroxylation is 1. The number of aromatic nitrogens is 2. The van der Waals surface area contributed by atoms with E-state index < -0.39 is 0 Å². The van der Waals surface area contributed by atoms with Crippen molar-refractivity contribution in [2.24, 2.45) is 0 Å². The lowest BCUT2D eigenvalue weighted by Crippen LogP contribution is -2.04. The molecule has 2 aromatic rings. The maximum Gasteiger partial charge on any atom is 0.227 e. The van der Waals surface area contributed by atoms with Gasteiger partial charge in [0.25, 0.3) is 0 Å². The van der Waals surface area contributed by atoms with E-state index in [1.54, 1.807) is 13.0 Å². The van der Waals surface area contributed by atoms with Gasteiger partial charge in [-0.25, -0.2) is 9.37 Å². The monoisotopic (exact) mass is 273 g/mol. The number of hydrogen-bond donors (Lipinski definition) is 1. The molecule has 0 atom stereocenters. The van der Waals surface area contributed by atoms with E-state index in [2.05, 4.69) is 9.97 Å². The van der Waals surface area contributed by atoms with Gasteiger partial charge in [0.05, 0.1) is 5.56 Å². The molecule has 1 heterocycles. The van der Waals surface area contributed by atoms with Gasteiger partial charge in [-0.2, -0.15) is 4.98 Å². The molecule has 0 unspecified atom stereocenters. The zero-order valence-electron chi connectivity index (χ0n) is 11.5. The molecule has 1 aromatic carbocycles. The lowest BCUT2D eigenvalue weighted by molar-refractivity contribution is 0.450. The summed E-state index contributed by atoms with van der Waals surface area (Å²) in [6, 6.07) is 4.39. The molecule has 1 saturated carbocycles. The Hall–Kier alpha value is -2.17. The highest BCUT2D eigenvalue weighted by atomic mass is 19.1. The van der Waals surface area contributed by atoms with Gasteiger partial charge in [0.2, 0.25) is 5.88 Å². The number of nitrogen functional groups attached to an aromatic ring is 1. The normalized spacial score (nSPS) is 14.3. The van der Waals surface area contributed by atoms with Crippen molar-refractivity contribution in [2.45, 2.75) is 32.6 Å². The molecule has 0 spiro atoms. The van der Waals surface area contributed by atoms with E-state index in [1.807, 2.05) is 6.92 Å². The minimum absolute atomic E-state index is 0.285. The van der Waals surface area contributed by atoms with Crippen LogP contribution < -0.4 is 10.5 Å². The van der Waals surface area contributed by atoms with Crippen molar-refractivity contribution in [1.82, 2.24) is 9.97 Å². The Kier molecular flexibility index (Phi) is 3.04. The molecule has 1 aliphatic rings. The van der Waals surface area contributed by atoms with Gasteiger partial charge in [-0.15, -0.1) is 0 Å². The Bertz CT molecular complexity index is 668. The summed E-state index contributed by atoms with van der Waals surface area (Å²) in [5, 5.41) is 0. The van der Waals surface area contributed by atoms with Gasteiger partial charge < -0.3 is 10.5 Å². The lowest BCUT2D eigenvalue weighted by Gasteiger charge is -2.12. The van der Waals surface area contributed by atoms with Crippen LogP contribution in [-0.2, 0) is 0 Å². The summed E-state index contributed by atoms with van der Waals surface area (Å²) < 4.78 is 18.9. The number of rotatable bonds is 3. The van der Waals surface area contributed by atoms with Crippen LogP contribution in [0.15, 0.2) is 18.2 Å². The van der Waals surface area contributed by atoms with Crippen molar-refractivity contribution in [2.75, 3.05) is 5.73 Å². The quantitative estimate of drug-likeness (QED) is 0.930. The summed E-state index contributed by atoms with van der Waals surface area (Å²) >= 11 is 0. The van der Waals surface area contributed by atoms with Crippen LogP contribution in [0.1, 0.15) is 35.7 Å². The number of hydrogen-bond acceptors (Lipinski definition) is 4. The molecule has 20 heavy (non-hydrogen) atoms. The first-order valence-electron chi connectivity index (χ1n) is 6.62. The highest BCUT2D eigenvalue weighted by Crippen LogP contribution is 2.40. The van der Waals surface area contributed by atoms with Crippen molar-refractivity contribution in [3.05, 3.63) is 41.0 Å². The molecule has 0 aliphatic heterocycles. The zero-order valence-corrected chi connectivity index (χ0v) is 11.5. The van der Waals surface area contributed by atoms with E-state index in [4.69, 9.17) is 10.5 Å². The van der Waals surface area contributed by atoms with Crippen LogP contribution in [0.25, 0.3) is 0 Å². The fourth-order valence-electron chi connectivity index (χ4n) is 1.98. The topological polar surface area (TPSA) is 61.0 Å². The van der Waals surface area contributed by atoms with E-state index in [-0.39, 0.29) is 5.82 Å². The zero-order chi connectivity index (χ0) is 14.3. The smallest absolute Gasteiger partial charge is 0.227 e. The summed E-state index contributed by atoms with van der Waals surface area (Å²) in [5.41, 5.74) is 7.34. The van der Waals surface area contributed by atoms with Crippen molar-refractivity contribution in [3.63, 3.8) is 0 Å². The van der Waals surface area contributed by atoms with E-state index in [0.717, 1.165) is 24.2 Å². The van der Waals surface area contributed by atoms with Crippen molar-refractivity contribution in [1.29, 1.82) is 0 Å². The van der Waals surface area contributed by atoms with Gasteiger partial charge in [0.15, 0.2) is 0 Å². The van der Waals surface area contributed by atoms with Gasteiger partial charge >= 0.3 is 0 Å². The summed E-state index contributed by atoms with van der Waals surface area (Å²) in [6.07, 6.45) is 2.19. The molecule has 2 N–H and O–H groups in total. The standard InChI is InChI=1S/C15H16FN3O/c1-8-7-11(16)5-6-12(8)20-15-9(2)13(17)18-14(19-15)10-3-4-10/h5-7,10H,3-4H2,1-2H3,(H2,17,18,19). The number of benzene rings is 1. The third-order valence-corrected chi connectivity index (χ3v) is 3.44. The molecule has 1 aliphatic carbocycles.